The van der Waals surface area contributed by atoms with E-state index in [-0.39, 0.29) is 25.6 Å². The highest BCUT2D eigenvalue weighted by Crippen LogP contribution is 2.19. The zero-order valence-corrected chi connectivity index (χ0v) is 14.9. The molecule has 7 nitrogen and oxygen atoms in total. The molecule has 1 N–H and O–H groups in total. The first-order chi connectivity index (χ1) is 13.6. The van der Waals surface area contributed by atoms with Crippen LogP contribution in [0.2, 0.25) is 0 Å². The van der Waals surface area contributed by atoms with Gasteiger partial charge in [-0.05, 0) is 17.7 Å². The van der Waals surface area contributed by atoms with Crippen LogP contribution in [0.1, 0.15) is 21.5 Å². The number of hydrogen-bond donors (Lipinski definition) is 1. The molecule has 2 aromatic carbocycles. The first-order valence-electron chi connectivity index (χ1n) is 8.79. The van der Waals surface area contributed by atoms with Gasteiger partial charge < -0.3 is 10.1 Å². The van der Waals surface area contributed by atoms with Gasteiger partial charge in [0.2, 0.25) is 5.91 Å². The van der Waals surface area contributed by atoms with Gasteiger partial charge in [-0.3, -0.25) is 14.7 Å². The maximum absolute atomic E-state index is 12.7. The quantitative estimate of drug-likeness (QED) is 0.547. The van der Waals surface area contributed by atoms with Crippen LogP contribution in [0.5, 0.6) is 0 Å². The zero-order valence-electron chi connectivity index (χ0n) is 14.9. The molecule has 28 heavy (non-hydrogen) atoms. The molecule has 7 heteroatoms. The van der Waals surface area contributed by atoms with E-state index in [4.69, 9.17) is 4.74 Å². The molecular weight excluding hydrogens is 358 g/mol. The van der Waals surface area contributed by atoms with Crippen molar-refractivity contribution in [3.8, 4) is 0 Å². The number of rotatable bonds is 5. The Morgan fingerprint density at radius 3 is 2.64 bits per heavy atom. The molecular formula is C21H17N3O4. The molecule has 2 heterocycles. The lowest BCUT2D eigenvalue weighted by atomic mass is 10.1. The van der Waals surface area contributed by atoms with Crippen LogP contribution in [0.4, 0.5) is 4.79 Å². The minimum Gasteiger partial charge on any atom is -0.457 e. The molecule has 1 aromatic heterocycles. The number of benzene rings is 2. The van der Waals surface area contributed by atoms with Crippen molar-refractivity contribution >= 4 is 28.8 Å². The smallest absolute Gasteiger partial charge is 0.338 e. The number of ether oxygens (including phenoxy) is 1. The van der Waals surface area contributed by atoms with E-state index >= 15 is 0 Å². The number of carbonyl (C=O) groups is 3. The number of urea groups is 1. The van der Waals surface area contributed by atoms with Gasteiger partial charge in [0, 0.05) is 17.1 Å². The van der Waals surface area contributed by atoms with E-state index in [0.29, 0.717) is 11.1 Å². The minimum atomic E-state index is -0.518. The summed E-state index contributed by atoms with van der Waals surface area (Å²) in [4.78, 5) is 41.7. The number of carbonyl (C=O) groups excluding carboxylic acids is 3. The molecule has 1 saturated heterocycles. The molecule has 0 saturated carbocycles. The number of amides is 3. The number of fused-ring (bicyclic) bond motifs is 1. The van der Waals surface area contributed by atoms with Gasteiger partial charge >= 0.3 is 12.0 Å². The van der Waals surface area contributed by atoms with Gasteiger partial charge in [-0.25, -0.2) is 9.59 Å². The Labute approximate surface area is 160 Å². The predicted molar refractivity (Wildman–Crippen MR) is 101 cm³/mol. The fourth-order valence-electron chi connectivity index (χ4n) is 3.15. The average molecular weight is 375 g/mol. The highest BCUT2D eigenvalue weighted by molar-refractivity contribution is 6.02. The summed E-state index contributed by atoms with van der Waals surface area (Å²) in [6.07, 6.45) is 1.70. The van der Waals surface area contributed by atoms with E-state index in [9.17, 15) is 14.4 Å². The number of nitrogens with one attached hydrogen (secondary N) is 1. The number of aromatic nitrogens is 1. The first-order valence-corrected chi connectivity index (χ1v) is 8.79. The van der Waals surface area contributed by atoms with Crippen LogP contribution >= 0.6 is 0 Å². The SMILES string of the molecule is O=C(OCc1cccc2cccnc12)c1ccccc1CN1C(=O)CNC1=O. The zero-order chi connectivity index (χ0) is 19.5. The van der Waals surface area contributed by atoms with Crippen molar-refractivity contribution in [1.82, 2.24) is 15.2 Å². The van der Waals surface area contributed by atoms with Crippen LogP contribution in [0, 0.1) is 0 Å². The molecule has 4 rings (SSSR count). The lowest BCUT2D eigenvalue weighted by Crippen LogP contribution is -2.31. The van der Waals surface area contributed by atoms with Crippen LogP contribution in [0.25, 0.3) is 10.9 Å². The molecule has 1 aliphatic heterocycles. The molecule has 0 unspecified atom stereocenters. The second-order valence-electron chi connectivity index (χ2n) is 6.36. The third-order valence-electron chi connectivity index (χ3n) is 4.58. The number of esters is 1. The van der Waals surface area contributed by atoms with Crippen LogP contribution in [-0.4, -0.2) is 34.3 Å². The number of para-hydroxylation sites is 1. The van der Waals surface area contributed by atoms with E-state index in [2.05, 4.69) is 10.3 Å². The largest absolute Gasteiger partial charge is 0.457 e. The fraction of sp³-hybridized carbons (Fsp3) is 0.143. The molecule has 0 aliphatic carbocycles. The summed E-state index contributed by atoms with van der Waals surface area (Å²) in [5, 5.41) is 3.43. The van der Waals surface area contributed by atoms with Gasteiger partial charge in [-0.15, -0.1) is 0 Å². The van der Waals surface area contributed by atoms with Gasteiger partial charge in [-0.1, -0.05) is 42.5 Å². The first kappa shape index (κ1) is 17.7. The molecule has 0 atom stereocenters. The molecule has 1 fully saturated rings. The normalized spacial score (nSPS) is 13.6. The second kappa shape index (κ2) is 7.48. The number of hydrogen-bond acceptors (Lipinski definition) is 5. The van der Waals surface area contributed by atoms with Crippen molar-refractivity contribution in [2.24, 2.45) is 0 Å². The predicted octanol–water partition coefficient (Wildman–Crippen LogP) is 2.64. The Hall–Kier alpha value is -3.74. The van der Waals surface area contributed by atoms with Gasteiger partial charge in [0.05, 0.1) is 24.2 Å². The van der Waals surface area contributed by atoms with Crippen LogP contribution < -0.4 is 5.32 Å². The standard InChI is InChI=1S/C21H17N3O4/c25-18-11-23-21(27)24(18)12-15-5-1-2-9-17(15)20(26)28-13-16-7-3-6-14-8-4-10-22-19(14)16/h1-10H,11-13H2,(H,23,27). The van der Waals surface area contributed by atoms with Crippen molar-refractivity contribution < 1.29 is 19.1 Å². The average Bonchev–Trinajstić information content (AvgIpc) is 3.04. The summed E-state index contributed by atoms with van der Waals surface area (Å²) in [6, 6.07) is 15.8. The Morgan fingerprint density at radius 1 is 1.04 bits per heavy atom. The third-order valence-corrected chi connectivity index (χ3v) is 4.58. The maximum Gasteiger partial charge on any atom is 0.338 e. The van der Waals surface area contributed by atoms with Gasteiger partial charge in [-0.2, -0.15) is 0 Å². The third kappa shape index (κ3) is 3.42. The second-order valence-corrected chi connectivity index (χ2v) is 6.36. The molecule has 0 radical (unpaired) electrons. The Kier molecular flexibility index (Phi) is 4.72. The summed E-state index contributed by atoms with van der Waals surface area (Å²) < 4.78 is 5.50. The Balaban J connectivity index is 1.52. The molecule has 0 spiro atoms. The minimum absolute atomic E-state index is 0.0196. The van der Waals surface area contributed by atoms with Crippen molar-refractivity contribution in [3.05, 3.63) is 77.5 Å². The van der Waals surface area contributed by atoms with Gasteiger partial charge in [0.25, 0.3) is 0 Å². The number of nitrogens with zero attached hydrogens (tertiary/aromatic N) is 2. The fourth-order valence-corrected chi connectivity index (χ4v) is 3.15. The van der Waals surface area contributed by atoms with Crippen molar-refractivity contribution in [1.29, 1.82) is 0 Å². The summed E-state index contributed by atoms with van der Waals surface area (Å²) in [6.45, 7) is 0.0654. The van der Waals surface area contributed by atoms with Gasteiger partial charge in [0.15, 0.2) is 0 Å². The molecule has 3 amide bonds. The van der Waals surface area contributed by atoms with Crippen molar-refractivity contribution in [2.75, 3.05) is 6.54 Å². The number of imide groups is 1. The molecule has 0 bridgehead atoms. The topological polar surface area (TPSA) is 88.6 Å². The lowest BCUT2D eigenvalue weighted by molar-refractivity contribution is -0.125. The highest BCUT2D eigenvalue weighted by atomic mass is 16.5. The summed E-state index contributed by atoms with van der Waals surface area (Å²) in [5.74, 6) is -0.842. The highest BCUT2D eigenvalue weighted by Gasteiger charge is 2.29. The van der Waals surface area contributed by atoms with Crippen LogP contribution in [0.15, 0.2) is 60.8 Å². The van der Waals surface area contributed by atoms with E-state index in [1.54, 1.807) is 30.5 Å². The maximum atomic E-state index is 12.7. The summed E-state index contributed by atoms with van der Waals surface area (Å²) in [5.41, 5.74) is 2.46. The van der Waals surface area contributed by atoms with Crippen LogP contribution in [0.3, 0.4) is 0 Å². The molecule has 140 valence electrons. The Bertz CT molecular complexity index is 1060. The monoisotopic (exact) mass is 375 g/mol. The Morgan fingerprint density at radius 2 is 1.82 bits per heavy atom. The molecule has 3 aromatic rings. The van der Waals surface area contributed by atoms with Crippen molar-refractivity contribution in [3.63, 3.8) is 0 Å². The van der Waals surface area contributed by atoms with E-state index < -0.39 is 12.0 Å². The van der Waals surface area contributed by atoms with Crippen LogP contribution in [-0.2, 0) is 22.7 Å². The number of pyridine rings is 1. The van der Waals surface area contributed by atoms with Crippen molar-refractivity contribution in [2.45, 2.75) is 13.2 Å². The van der Waals surface area contributed by atoms with E-state index in [1.807, 2.05) is 30.3 Å². The summed E-state index contributed by atoms with van der Waals surface area (Å²) >= 11 is 0. The molecule has 1 aliphatic rings. The van der Waals surface area contributed by atoms with E-state index in [0.717, 1.165) is 21.4 Å². The van der Waals surface area contributed by atoms with Gasteiger partial charge in [0.1, 0.15) is 6.61 Å². The van der Waals surface area contributed by atoms with E-state index in [1.165, 1.54) is 0 Å². The lowest BCUT2D eigenvalue weighted by Gasteiger charge is -2.15. The summed E-state index contributed by atoms with van der Waals surface area (Å²) in [7, 11) is 0.